The van der Waals surface area contributed by atoms with Gasteiger partial charge in [-0.3, -0.25) is 4.79 Å². The first kappa shape index (κ1) is 24.4. The number of halogens is 1. The van der Waals surface area contributed by atoms with Crippen LogP contribution in [0.4, 0.5) is 4.39 Å². The highest BCUT2D eigenvalue weighted by Gasteiger charge is 2.34. The highest BCUT2D eigenvalue weighted by atomic mass is 32.2. The average Bonchev–Trinajstić information content (AvgIpc) is 3.40. The van der Waals surface area contributed by atoms with E-state index in [1.54, 1.807) is 23.1 Å². The number of sulfone groups is 1. The van der Waals surface area contributed by atoms with E-state index in [0.29, 0.717) is 42.5 Å². The molecule has 2 aromatic carbocycles. The van der Waals surface area contributed by atoms with Gasteiger partial charge in [0.2, 0.25) is 5.91 Å². The number of aromatic nitrogens is 3. The fraction of sp³-hybridized carbons (Fsp3) is 0.375. The first-order valence-corrected chi connectivity index (χ1v) is 14.0. The van der Waals surface area contributed by atoms with Crippen LogP contribution < -0.4 is 0 Å². The molecule has 1 aromatic heterocycles. The first-order chi connectivity index (χ1) is 16.4. The summed E-state index contributed by atoms with van der Waals surface area (Å²) in [6, 6.07) is 16.1. The molecule has 0 spiro atoms. The van der Waals surface area contributed by atoms with Crippen molar-refractivity contribution in [3.8, 4) is 11.4 Å². The lowest BCUT2D eigenvalue weighted by Crippen LogP contribution is -2.42. The molecule has 4 rings (SSSR count). The Morgan fingerprint density at radius 1 is 1.15 bits per heavy atom. The van der Waals surface area contributed by atoms with Crippen molar-refractivity contribution in [2.75, 3.05) is 23.8 Å². The maximum absolute atomic E-state index is 14.5. The molecule has 1 fully saturated rings. The lowest BCUT2D eigenvalue weighted by Gasteiger charge is -2.26. The smallest absolute Gasteiger partial charge is 0.233 e. The summed E-state index contributed by atoms with van der Waals surface area (Å²) in [5.41, 5.74) is 1.48. The second-order valence-corrected chi connectivity index (χ2v) is 11.4. The summed E-state index contributed by atoms with van der Waals surface area (Å²) in [7, 11) is -3.09. The van der Waals surface area contributed by atoms with Crippen molar-refractivity contribution in [1.29, 1.82) is 0 Å². The van der Waals surface area contributed by atoms with E-state index < -0.39 is 9.84 Å². The zero-order valence-corrected chi connectivity index (χ0v) is 20.6. The number of aryl methyl sites for hydroxylation is 1. The third-order valence-electron chi connectivity index (χ3n) is 5.93. The van der Waals surface area contributed by atoms with Gasteiger partial charge in [-0.15, -0.1) is 10.2 Å². The van der Waals surface area contributed by atoms with Crippen LogP contribution >= 0.6 is 11.8 Å². The fourth-order valence-electron chi connectivity index (χ4n) is 4.19. The van der Waals surface area contributed by atoms with Gasteiger partial charge in [0.1, 0.15) is 5.82 Å². The van der Waals surface area contributed by atoms with E-state index in [1.807, 2.05) is 41.8 Å². The second kappa shape index (κ2) is 10.7. The van der Waals surface area contributed by atoms with E-state index in [1.165, 1.54) is 17.8 Å². The lowest BCUT2D eigenvalue weighted by molar-refractivity contribution is -0.129. The standard InChI is InChI=1S/C24H27FN4O3S2/c1-2-28(19-13-15-34(31,32)17-19)22(30)16-33-24-27-26-23(20-10-6-7-11-21(20)25)29(24)14-12-18-8-4-3-5-9-18/h3-11,19H,2,12-17H2,1H3/t19-/m0/s1. The van der Waals surface area contributed by atoms with Gasteiger partial charge in [-0.2, -0.15) is 0 Å². The number of hydrogen-bond acceptors (Lipinski definition) is 6. The molecule has 0 saturated carbocycles. The summed E-state index contributed by atoms with van der Waals surface area (Å²) in [4.78, 5) is 14.6. The number of hydrogen-bond donors (Lipinski definition) is 0. The minimum Gasteiger partial charge on any atom is -0.338 e. The van der Waals surface area contributed by atoms with Crippen LogP contribution in [0.5, 0.6) is 0 Å². The van der Waals surface area contributed by atoms with Gasteiger partial charge in [0.25, 0.3) is 0 Å². The van der Waals surface area contributed by atoms with Gasteiger partial charge in [-0.05, 0) is 37.5 Å². The van der Waals surface area contributed by atoms with Crippen molar-refractivity contribution in [2.45, 2.75) is 37.5 Å². The molecule has 180 valence electrons. The third-order valence-corrected chi connectivity index (χ3v) is 8.64. The van der Waals surface area contributed by atoms with Crippen LogP contribution in [0.3, 0.4) is 0 Å². The molecule has 2 heterocycles. The zero-order chi connectivity index (χ0) is 24.1. The van der Waals surface area contributed by atoms with Gasteiger partial charge < -0.3 is 9.47 Å². The Labute approximate surface area is 203 Å². The van der Waals surface area contributed by atoms with Crippen molar-refractivity contribution < 1.29 is 17.6 Å². The predicted octanol–water partition coefficient (Wildman–Crippen LogP) is 3.45. The predicted molar refractivity (Wildman–Crippen MR) is 131 cm³/mol. The molecule has 3 aromatic rings. The maximum Gasteiger partial charge on any atom is 0.233 e. The average molecular weight is 503 g/mol. The largest absolute Gasteiger partial charge is 0.338 e. The SMILES string of the molecule is CCN(C(=O)CSc1nnc(-c2ccccc2F)n1CCc1ccccc1)[C@H]1CCS(=O)(=O)C1. The van der Waals surface area contributed by atoms with Gasteiger partial charge in [-0.1, -0.05) is 54.2 Å². The normalized spacial score (nSPS) is 17.1. The number of thioether (sulfide) groups is 1. The molecule has 1 amide bonds. The number of rotatable bonds is 9. The Morgan fingerprint density at radius 3 is 2.56 bits per heavy atom. The maximum atomic E-state index is 14.5. The summed E-state index contributed by atoms with van der Waals surface area (Å²) in [5.74, 6) is 0.127. The molecule has 0 N–H and O–H groups in total. The summed E-state index contributed by atoms with van der Waals surface area (Å²) in [6.45, 7) is 2.82. The number of amides is 1. The Morgan fingerprint density at radius 2 is 1.88 bits per heavy atom. The molecule has 1 aliphatic rings. The topological polar surface area (TPSA) is 85.2 Å². The van der Waals surface area contributed by atoms with Crippen molar-refractivity contribution in [1.82, 2.24) is 19.7 Å². The van der Waals surface area contributed by atoms with Crippen LogP contribution in [0, 0.1) is 5.82 Å². The zero-order valence-electron chi connectivity index (χ0n) is 18.9. The Balaban J connectivity index is 1.53. The minimum absolute atomic E-state index is 0.0158. The summed E-state index contributed by atoms with van der Waals surface area (Å²) in [6.07, 6.45) is 1.17. The van der Waals surface area contributed by atoms with Crippen molar-refractivity contribution in [3.05, 3.63) is 66.0 Å². The molecule has 0 unspecified atom stereocenters. The quantitative estimate of drug-likeness (QED) is 0.417. The number of nitrogens with zero attached hydrogens (tertiary/aromatic N) is 4. The lowest BCUT2D eigenvalue weighted by atomic mass is 10.1. The first-order valence-electron chi connectivity index (χ1n) is 11.2. The molecule has 1 atom stereocenters. The molecule has 7 nitrogen and oxygen atoms in total. The molecule has 10 heteroatoms. The molecule has 34 heavy (non-hydrogen) atoms. The van der Waals surface area contributed by atoms with Crippen LogP contribution in [-0.2, 0) is 27.6 Å². The van der Waals surface area contributed by atoms with Gasteiger partial charge in [-0.25, -0.2) is 12.8 Å². The van der Waals surface area contributed by atoms with Gasteiger partial charge >= 0.3 is 0 Å². The molecular formula is C24H27FN4O3S2. The second-order valence-electron chi connectivity index (χ2n) is 8.20. The molecule has 1 aliphatic heterocycles. The molecular weight excluding hydrogens is 475 g/mol. The third kappa shape index (κ3) is 5.67. The number of carbonyl (C=O) groups excluding carboxylic acids is 1. The van der Waals surface area contributed by atoms with E-state index in [-0.39, 0.29) is 35.0 Å². The van der Waals surface area contributed by atoms with Gasteiger partial charge in [0.05, 0.1) is 22.8 Å². The molecule has 0 radical (unpaired) electrons. The van der Waals surface area contributed by atoms with Gasteiger partial charge in [0.15, 0.2) is 20.8 Å². The van der Waals surface area contributed by atoms with Crippen LogP contribution in [0.15, 0.2) is 59.8 Å². The van der Waals surface area contributed by atoms with Crippen LogP contribution in [0.25, 0.3) is 11.4 Å². The van der Waals surface area contributed by atoms with Crippen LogP contribution in [0.1, 0.15) is 18.9 Å². The Bertz CT molecular complexity index is 1250. The molecule has 0 aliphatic carbocycles. The summed E-state index contributed by atoms with van der Waals surface area (Å²) in [5, 5.41) is 9.04. The fourth-order valence-corrected chi connectivity index (χ4v) is 6.77. The van der Waals surface area contributed by atoms with Crippen LogP contribution in [0.2, 0.25) is 0 Å². The highest BCUT2D eigenvalue weighted by Crippen LogP contribution is 2.27. The van der Waals surface area contributed by atoms with E-state index in [2.05, 4.69) is 10.2 Å². The number of benzene rings is 2. The molecule has 0 bridgehead atoms. The Hall–Kier alpha value is -2.72. The molecule has 1 saturated heterocycles. The number of carbonyl (C=O) groups is 1. The van der Waals surface area contributed by atoms with Crippen molar-refractivity contribution in [2.24, 2.45) is 0 Å². The van der Waals surface area contributed by atoms with E-state index >= 15 is 0 Å². The Kier molecular flexibility index (Phi) is 7.67. The van der Waals surface area contributed by atoms with E-state index in [0.717, 1.165) is 5.56 Å². The minimum atomic E-state index is -3.09. The van der Waals surface area contributed by atoms with E-state index in [4.69, 9.17) is 0 Å². The monoisotopic (exact) mass is 502 g/mol. The summed E-state index contributed by atoms with van der Waals surface area (Å²) >= 11 is 1.24. The van der Waals surface area contributed by atoms with Crippen molar-refractivity contribution in [3.63, 3.8) is 0 Å². The van der Waals surface area contributed by atoms with Gasteiger partial charge in [0, 0.05) is 19.1 Å². The van der Waals surface area contributed by atoms with Crippen LogP contribution in [-0.4, -0.2) is 63.8 Å². The van der Waals surface area contributed by atoms with Crippen molar-refractivity contribution >= 4 is 27.5 Å². The van der Waals surface area contributed by atoms with E-state index in [9.17, 15) is 17.6 Å². The summed E-state index contributed by atoms with van der Waals surface area (Å²) < 4.78 is 40.1. The highest BCUT2D eigenvalue weighted by molar-refractivity contribution is 7.99.